The van der Waals surface area contributed by atoms with Crippen LogP contribution in [-0.2, 0) is 16.2 Å². The molecule has 0 bridgehead atoms. The molecule has 0 spiro atoms. The second kappa shape index (κ2) is 6.30. The number of nitrogens with zero attached hydrogens (tertiary/aromatic N) is 3. The monoisotopic (exact) mass is 330 g/mol. The molecule has 1 aliphatic heterocycles. The van der Waals surface area contributed by atoms with Gasteiger partial charge in [-0.05, 0) is 0 Å². The molecule has 0 N–H and O–H groups in total. The first kappa shape index (κ1) is 14.8. The minimum atomic E-state index is -0.176. The predicted octanol–water partition coefficient (Wildman–Crippen LogP) is 3.83. The zero-order valence-corrected chi connectivity index (χ0v) is 13.3. The van der Waals surface area contributed by atoms with E-state index in [9.17, 15) is 0 Å². The molecule has 0 aromatic carbocycles. The van der Waals surface area contributed by atoms with Crippen LogP contribution in [0.1, 0.15) is 18.2 Å². The first-order valence-corrected chi connectivity index (χ1v) is 7.52. The van der Waals surface area contributed by atoms with E-state index in [1.807, 2.05) is 40.4 Å². The number of hydrogen-bond donors (Lipinski definition) is 0. The second-order valence-corrected chi connectivity index (χ2v) is 5.87. The summed E-state index contributed by atoms with van der Waals surface area (Å²) in [6.45, 7) is 2.16. The van der Waals surface area contributed by atoms with Gasteiger partial charge in [-0.3, -0.25) is 0 Å². The Labute approximate surface area is 139 Å². The number of allylic oxidation sites excluding steroid dienone is 3. The van der Waals surface area contributed by atoms with E-state index in [1.165, 1.54) is 0 Å². The van der Waals surface area contributed by atoms with Crippen molar-refractivity contribution in [1.29, 1.82) is 0 Å². The van der Waals surface area contributed by atoms with E-state index in [0.717, 1.165) is 17.0 Å². The van der Waals surface area contributed by atoms with Gasteiger partial charge in [0, 0.05) is 0 Å². The summed E-state index contributed by atoms with van der Waals surface area (Å²) in [6, 6.07) is 9.88. The Morgan fingerprint density at radius 3 is 2.68 bits per heavy atom. The van der Waals surface area contributed by atoms with Crippen molar-refractivity contribution in [2.45, 2.75) is 6.92 Å². The standard InChI is InChI=1S/C18H16N3.Fe/c1-18(8-5-15-6-11-19-12-7-15)9-13-21-17(14-18)16-4-2-3-10-20-16;/h2-14H,1H3;/q-1;+1. The average Bonchev–Trinajstić information content (AvgIpc) is 2.57. The third-order valence-corrected chi connectivity index (χ3v) is 3.93. The van der Waals surface area contributed by atoms with Crippen molar-refractivity contribution in [3.8, 4) is 0 Å². The molecule has 4 heteroatoms. The summed E-state index contributed by atoms with van der Waals surface area (Å²) in [5.74, 6) is 0. The van der Waals surface area contributed by atoms with Crippen LogP contribution in [0.25, 0.3) is 11.8 Å². The second-order valence-electron chi connectivity index (χ2n) is 5.34. The van der Waals surface area contributed by atoms with Crippen molar-refractivity contribution in [1.82, 2.24) is 13.9 Å². The van der Waals surface area contributed by atoms with Gasteiger partial charge in [0.1, 0.15) is 0 Å². The maximum atomic E-state index is 4.42. The first-order chi connectivity index (χ1) is 10.7. The van der Waals surface area contributed by atoms with Crippen molar-refractivity contribution < 1.29 is 16.2 Å². The van der Waals surface area contributed by atoms with E-state index in [2.05, 4.69) is 57.4 Å². The van der Waals surface area contributed by atoms with Gasteiger partial charge in [0.2, 0.25) is 0 Å². The SMILES string of the molecule is CC1(C=Cc2ccncc2)C=C[N]([Fe])C(c2ccccn2)=C1. The Bertz CT molecular complexity index is 723. The van der Waals surface area contributed by atoms with Crippen molar-refractivity contribution in [2.75, 3.05) is 0 Å². The van der Waals surface area contributed by atoms with Crippen molar-refractivity contribution >= 4 is 11.8 Å². The van der Waals surface area contributed by atoms with E-state index in [0.29, 0.717) is 0 Å². The maximum absolute atomic E-state index is 4.42. The van der Waals surface area contributed by atoms with Crippen LogP contribution in [0.4, 0.5) is 0 Å². The molecule has 111 valence electrons. The van der Waals surface area contributed by atoms with Gasteiger partial charge in [-0.25, -0.2) is 0 Å². The van der Waals surface area contributed by atoms with Crippen LogP contribution in [0.5, 0.6) is 0 Å². The topological polar surface area (TPSA) is 29.0 Å². The number of rotatable bonds is 3. The van der Waals surface area contributed by atoms with Gasteiger partial charge in [-0.1, -0.05) is 0 Å². The van der Waals surface area contributed by atoms with Gasteiger partial charge in [0.15, 0.2) is 0 Å². The van der Waals surface area contributed by atoms with Gasteiger partial charge in [-0.2, -0.15) is 0 Å². The van der Waals surface area contributed by atoms with E-state index < -0.39 is 0 Å². The molecule has 3 rings (SSSR count). The minimum absolute atomic E-state index is 0.176. The van der Waals surface area contributed by atoms with E-state index in [4.69, 9.17) is 0 Å². The third kappa shape index (κ3) is 3.35. The van der Waals surface area contributed by atoms with E-state index in [1.54, 1.807) is 18.6 Å². The Morgan fingerprint density at radius 2 is 1.95 bits per heavy atom. The summed E-state index contributed by atoms with van der Waals surface area (Å²) in [5, 5.41) is 0. The van der Waals surface area contributed by atoms with Crippen molar-refractivity contribution in [2.24, 2.45) is 5.41 Å². The quantitative estimate of drug-likeness (QED) is 0.801. The summed E-state index contributed by atoms with van der Waals surface area (Å²) in [6.07, 6.45) is 16.0. The molecule has 0 radical (unpaired) electrons. The normalized spacial score (nSPS) is 21.2. The van der Waals surface area contributed by atoms with Crippen LogP contribution >= 0.6 is 0 Å². The van der Waals surface area contributed by atoms with Crippen LogP contribution in [-0.4, -0.2) is 13.9 Å². The molecule has 1 unspecified atom stereocenters. The van der Waals surface area contributed by atoms with Gasteiger partial charge >= 0.3 is 139 Å². The van der Waals surface area contributed by atoms with Gasteiger partial charge in [-0.15, -0.1) is 0 Å². The molecule has 1 aliphatic rings. The molecule has 0 saturated carbocycles. The molecule has 0 saturated heterocycles. The van der Waals surface area contributed by atoms with E-state index in [-0.39, 0.29) is 5.41 Å². The van der Waals surface area contributed by atoms with Crippen LogP contribution in [0, 0.1) is 5.41 Å². The van der Waals surface area contributed by atoms with Crippen LogP contribution in [0.15, 0.2) is 73.4 Å². The summed E-state index contributed by atoms with van der Waals surface area (Å²) in [7, 11) is 0. The van der Waals surface area contributed by atoms with Gasteiger partial charge in [0.25, 0.3) is 0 Å². The molecular weight excluding hydrogens is 314 g/mol. The van der Waals surface area contributed by atoms with Gasteiger partial charge < -0.3 is 0 Å². The Hall–Kier alpha value is -2.16. The Balaban J connectivity index is 1.91. The van der Waals surface area contributed by atoms with Crippen molar-refractivity contribution in [3.63, 3.8) is 0 Å². The fraction of sp³-hybridized carbons (Fsp3) is 0.111. The molecular formula is C18H16FeN3. The molecule has 0 amide bonds. The molecule has 3 heterocycles. The van der Waals surface area contributed by atoms with E-state index >= 15 is 0 Å². The summed E-state index contributed by atoms with van der Waals surface area (Å²) < 4.78 is 1.85. The van der Waals surface area contributed by atoms with Crippen LogP contribution in [0.2, 0.25) is 0 Å². The Morgan fingerprint density at radius 1 is 1.14 bits per heavy atom. The molecule has 0 fully saturated rings. The molecule has 0 aliphatic carbocycles. The third-order valence-electron chi connectivity index (χ3n) is 3.50. The average molecular weight is 330 g/mol. The summed E-state index contributed by atoms with van der Waals surface area (Å²) in [4.78, 5) is 8.46. The molecule has 3 nitrogen and oxygen atoms in total. The summed E-state index contributed by atoms with van der Waals surface area (Å²) in [5.41, 5.74) is 2.88. The van der Waals surface area contributed by atoms with Gasteiger partial charge in [0.05, 0.1) is 0 Å². The van der Waals surface area contributed by atoms with Crippen molar-refractivity contribution in [3.05, 3.63) is 84.6 Å². The molecule has 1 atom stereocenters. The zero-order chi connectivity index (χ0) is 15.4. The zero-order valence-electron chi connectivity index (χ0n) is 12.2. The molecule has 2 aromatic rings. The molecule has 2 aromatic heterocycles. The summed E-state index contributed by atoms with van der Waals surface area (Å²) >= 11 is 4.05. The number of hydrogen-bond acceptors (Lipinski definition) is 3. The molecule has 22 heavy (non-hydrogen) atoms. The fourth-order valence-corrected chi connectivity index (χ4v) is 2.54. The number of pyridine rings is 2. The van der Waals surface area contributed by atoms with Crippen LogP contribution in [0.3, 0.4) is 0 Å². The number of aromatic nitrogens is 2. The first-order valence-electron chi connectivity index (χ1n) is 7.03. The predicted molar refractivity (Wildman–Crippen MR) is 84.6 cm³/mol. The Kier molecular flexibility index (Phi) is 4.23. The van der Waals surface area contributed by atoms with Crippen LogP contribution < -0.4 is 0 Å². The fourth-order valence-electron chi connectivity index (χ4n) is 2.26.